The molecule has 1 aromatic carbocycles. The van der Waals surface area contributed by atoms with E-state index in [2.05, 4.69) is 0 Å². The summed E-state index contributed by atoms with van der Waals surface area (Å²) in [5.41, 5.74) is 9.08. The van der Waals surface area contributed by atoms with Gasteiger partial charge in [-0.05, 0) is 37.1 Å². The summed E-state index contributed by atoms with van der Waals surface area (Å²) in [4.78, 5) is 10.4. The Kier molecular flexibility index (Phi) is 1.94. The summed E-state index contributed by atoms with van der Waals surface area (Å²) in [6, 6.07) is 3.57. The summed E-state index contributed by atoms with van der Waals surface area (Å²) in [6.07, 6.45) is 0.833. The van der Waals surface area contributed by atoms with Crippen molar-refractivity contribution in [1.82, 2.24) is 0 Å². The Labute approximate surface area is 66.0 Å². The number of rotatable bonds is 1. The van der Waals surface area contributed by atoms with E-state index in [9.17, 15) is 4.79 Å². The molecule has 58 valence electrons. The molecule has 2 nitrogen and oxygen atoms in total. The van der Waals surface area contributed by atoms with Gasteiger partial charge < -0.3 is 5.73 Å². The number of nitrogens with two attached hydrogens (primary N) is 1. The molecule has 0 atom stereocenters. The van der Waals surface area contributed by atoms with E-state index in [1.165, 1.54) is 0 Å². The molecule has 0 aromatic heterocycles. The van der Waals surface area contributed by atoms with Crippen molar-refractivity contribution in [2.45, 2.75) is 13.8 Å². The maximum absolute atomic E-state index is 10.4. The van der Waals surface area contributed by atoms with Gasteiger partial charge in [-0.3, -0.25) is 4.79 Å². The lowest BCUT2D eigenvalue weighted by molar-refractivity contribution is 0.112. The lowest BCUT2D eigenvalue weighted by Gasteiger charge is -2.04. The van der Waals surface area contributed by atoms with E-state index in [1.807, 2.05) is 13.8 Å². The highest BCUT2D eigenvalue weighted by molar-refractivity contribution is 5.77. The van der Waals surface area contributed by atoms with E-state index in [-0.39, 0.29) is 0 Å². The van der Waals surface area contributed by atoms with Crippen molar-refractivity contribution < 1.29 is 4.79 Å². The molecule has 0 fully saturated rings. The zero-order chi connectivity index (χ0) is 8.43. The van der Waals surface area contributed by atoms with Gasteiger partial charge in [-0.1, -0.05) is 0 Å². The summed E-state index contributed by atoms with van der Waals surface area (Å²) in [5, 5.41) is 0. The van der Waals surface area contributed by atoms with Gasteiger partial charge in [-0.2, -0.15) is 0 Å². The first-order chi connectivity index (χ1) is 5.15. The van der Waals surface area contributed by atoms with Gasteiger partial charge in [0, 0.05) is 11.3 Å². The average molecular weight is 149 g/mol. The highest BCUT2D eigenvalue weighted by Gasteiger charge is 1.99. The summed E-state index contributed by atoms with van der Waals surface area (Å²) < 4.78 is 0. The first-order valence-corrected chi connectivity index (χ1v) is 3.47. The molecule has 2 N–H and O–H groups in total. The SMILES string of the molecule is Cc1cc(C=O)cc(C)c1N. The third kappa shape index (κ3) is 1.40. The molecule has 0 aliphatic heterocycles. The zero-order valence-corrected chi connectivity index (χ0v) is 6.72. The van der Waals surface area contributed by atoms with E-state index >= 15 is 0 Å². The van der Waals surface area contributed by atoms with Crippen LogP contribution in [0.3, 0.4) is 0 Å². The van der Waals surface area contributed by atoms with Crippen LogP contribution in [-0.4, -0.2) is 6.29 Å². The van der Waals surface area contributed by atoms with Crippen molar-refractivity contribution in [3.05, 3.63) is 28.8 Å². The van der Waals surface area contributed by atoms with E-state index in [0.29, 0.717) is 5.56 Å². The summed E-state index contributed by atoms with van der Waals surface area (Å²) in [7, 11) is 0. The highest BCUT2D eigenvalue weighted by atomic mass is 16.1. The largest absolute Gasteiger partial charge is 0.398 e. The second-order valence-corrected chi connectivity index (χ2v) is 2.69. The fourth-order valence-electron chi connectivity index (χ4n) is 1.08. The number of hydrogen-bond donors (Lipinski definition) is 1. The average Bonchev–Trinajstić information content (AvgIpc) is 1.99. The number of benzene rings is 1. The normalized spacial score (nSPS) is 9.64. The molecular weight excluding hydrogens is 138 g/mol. The molecule has 0 bridgehead atoms. The van der Waals surface area contributed by atoms with Gasteiger partial charge in [-0.15, -0.1) is 0 Å². The number of aryl methyl sites for hydroxylation is 2. The van der Waals surface area contributed by atoms with Crippen LogP contribution < -0.4 is 5.73 Å². The quantitative estimate of drug-likeness (QED) is 0.487. The van der Waals surface area contributed by atoms with Crippen molar-refractivity contribution in [3.8, 4) is 0 Å². The molecule has 0 saturated heterocycles. The minimum atomic E-state index is 0.689. The third-order valence-electron chi connectivity index (χ3n) is 1.75. The molecule has 0 aliphatic carbocycles. The smallest absolute Gasteiger partial charge is 0.150 e. The number of nitrogen functional groups attached to an aromatic ring is 1. The first-order valence-electron chi connectivity index (χ1n) is 3.47. The monoisotopic (exact) mass is 149 g/mol. The zero-order valence-electron chi connectivity index (χ0n) is 6.72. The molecule has 0 aliphatic rings. The van der Waals surface area contributed by atoms with Crippen LogP contribution in [0.1, 0.15) is 21.5 Å². The highest BCUT2D eigenvalue weighted by Crippen LogP contribution is 2.17. The predicted octanol–water partition coefficient (Wildman–Crippen LogP) is 1.70. The van der Waals surface area contributed by atoms with Gasteiger partial charge in [-0.25, -0.2) is 0 Å². The van der Waals surface area contributed by atoms with Gasteiger partial charge >= 0.3 is 0 Å². The van der Waals surface area contributed by atoms with Crippen molar-refractivity contribution >= 4 is 12.0 Å². The van der Waals surface area contributed by atoms with Crippen molar-refractivity contribution in [1.29, 1.82) is 0 Å². The lowest BCUT2D eigenvalue weighted by Crippen LogP contribution is -1.95. The van der Waals surface area contributed by atoms with Crippen LogP contribution in [-0.2, 0) is 0 Å². The van der Waals surface area contributed by atoms with Crippen molar-refractivity contribution in [2.75, 3.05) is 5.73 Å². The second kappa shape index (κ2) is 2.74. The molecule has 1 rings (SSSR count). The van der Waals surface area contributed by atoms with E-state index in [0.717, 1.165) is 23.1 Å². The van der Waals surface area contributed by atoms with E-state index in [1.54, 1.807) is 12.1 Å². The van der Waals surface area contributed by atoms with Gasteiger partial charge in [0.1, 0.15) is 6.29 Å². The Hall–Kier alpha value is -1.31. The van der Waals surface area contributed by atoms with Crippen LogP contribution >= 0.6 is 0 Å². The fraction of sp³-hybridized carbons (Fsp3) is 0.222. The van der Waals surface area contributed by atoms with Crippen LogP contribution in [0.25, 0.3) is 0 Å². The Morgan fingerprint density at radius 2 is 1.73 bits per heavy atom. The van der Waals surface area contributed by atoms with Crippen LogP contribution in [0.2, 0.25) is 0 Å². The van der Waals surface area contributed by atoms with Crippen LogP contribution in [0.5, 0.6) is 0 Å². The third-order valence-corrected chi connectivity index (χ3v) is 1.75. The Morgan fingerprint density at radius 3 is 2.09 bits per heavy atom. The van der Waals surface area contributed by atoms with Gasteiger partial charge in [0.2, 0.25) is 0 Å². The molecule has 0 amide bonds. The number of hydrogen-bond acceptors (Lipinski definition) is 2. The number of carbonyl (C=O) groups is 1. The molecule has 0 heterocycles. The Morgan fingerprint density at radius 1 is 1.27 bits per heavy atom. The summed E-state index contributed by atoms with van der Waals surface area (Å²) >= 11 is 0. The molecule has 0 spiro atoms. The summed E-state index contributed by atoms with van der Waals surface area (Å²) in [6.45, 7) is 3.80. The van der Waals surface area contributed by atoms with Crippen molar-refractivity contribution in [2.24, 2.45) is 0 Å². The standard InChI is InChI=1S/C9H11NO/c1-6-3-8(5-11)4-7(2)9(6)10/h3-5H,10H2,1-2H3. The molecule has 0 radical (unpaired) electrons. The molecule has 0 unspecified atom stereocenters. The van der Waals surface area contributed by atoms with Crippen LogP contribution in [0.4, 0.5) is 5.69 Å². The molecule has 11 heavy (non-hydrogen) atoms. The minimum Gasteiger partial charge on any atom is -0.398 e. The molecule has 2 heteroatoms. The second-order valence-electron chi connectivity index (χ2n) is 2.69. The maximum Gasteiger partial charge on any atom is 0.150 e. The van der Waals surface area contributed by atoms with Crippen LogP contribution in [0.15, 0.2) is 12.1 Å². The Balaban J connectivity index is 3.31. The molecule has 1 aromatic rings. The van der Waals surface area contributed by atoms with Crippen molar-refractivity contribution in [3.63, 3.8) is 0 Å². The Bertz CT molecular complexity index is 269. The van der Waals surface area contributed by atoms with Gasteiger partial charge in [0.15, 0.2) is 0 Å². The number of anilines is 1. The minimum absolute atomic E-state index is 0.689. The van der Waals surface area contributed by atoms with E-state index < -0.39 is 0 Å². The first kappa shape index (κ1) is 7.79. The number of carbonyl (C=O) groups excluding carboxylic acids is 1. The fourth-order valence-corrected chi connectivity index (χ4v) is 1.08. The lowest BCUT2D eigenvalue weighted by atomic mass is 10.1. The molecule has 0 saturated carbocycles. The van der Waals surface area contributed by atoms with Gasteiger partial charge in [0.25, 0.3) is 0 Å². The predicted molar refractivity (Wildman–Crippen MR) is 45.7 cm³/mol. The topological polar surface area (TPSA) is 43.1 Å². The number of aldehydes is 1. The molecular formula is C9H11NO. The summed E-state index contributed by atoms with van der Waals surface area (Å²) in [5.74, 6) is 0. The maximum atomic E-state index is 10.4. The van der Waals surface area contributed by atoms with Gasteiger partial charge in [0.05, 0.1) is 0 Å². The van der Waals surface area contributed by atoms with E-state index in [4.69, 9.17) is 5.73 Å². The van der Waals surface area contributed by atoms with Crippen LogP contribution in [0, 0.1) is 13.8 Å².